The molecule has 3 nitrogen and oxygen atoms in total. The highest BCUT2D eigenvalue weighted by Gasteiger charge is 2.24. The second-order valence-corrected chi connectivity index (χ2v) is 5.84. The van der Waals surface area contributed by atoms with Crippen LogP contribution in [0.1, 0.15) is 54.9 Å². The predicted molar refractivity (Wildman–Crippen MR) is 86.3 cm³/mol. The third-order valence-corrected chi connectivity index (χ3v) is 4.15. The summed E-state index contributed by atoms with van der Waals surface area (Å²) in [6, 6.07) is 5.69. The molecule has 0 aliphatic carbocycles. The van der Waals surface area contributed by atoms with Gasteiger partial charge >= 0.3 is 0 Å². The average Bonchev–Trinajstić information content (AvgIpc) is 2.93. The Balaban J connectivity index is 2.09. The van der Waals surface area contributed by atoms with Crippen molar-refractivity contribution in [3.8, 4) is 0 Å². The zero-order valence-corrected chi connectivity index (χ0v) is 13.3. The summed E-state index contributed by atoms with van der Waals surface area (Å²) in [6.45, 7) is 2.82. The maximum atomic E-state index is 12.2. The Morgan fingerprint density at radius 2 is 2.05 bits per heavy atom. The topological polar surface area (TPSA) is 37.4 Å². The van der Waals surface area contributed by atoms with Gasteiger partial charge in [-0.05, 0) is 43.0 Å². The van der Waals surface area contributed by atoms with Gasteiger partial charge in [0, 0.05) is 36.5 Å². The molecule has 0 fully saturated rings. The predicted octanol–water partition coefficient (Wildman–Crippen LogP) is 3.97. The van der Waals surface area contributed by atoms with Gasteiger partial charge < -0.3 is 4.90 Å². The molecule has 2 rings (SSSR count). The first-order valence-electron chi connectivity index (χ1n) is 7.69. The van der Waals surface area contributed by atoms with Crippen molar-refractivity contribution in [2.45, 2.75) is 45.4 Å². The summed E-state index contributed by atoms with van der Waals surface area (Å²) in [5.41, 5.74) is 2.82. The first kappa shape index (κ1) is 16.0. The van der Waals surface area contributed by atoms with Crippen LogP contribution < -0.4 is 4.90 Å². The van der Waals surface area contributed by atoms with Gasteiger partial charge in [-0.25, -0.2) is 0 Å². The van der Waals surface area contributed by atoms with Crippen molar-refractivity contribution < 1.29 is 9.59 Å². The lowest BCUT2D eigenvalue weighted by Crippen LogP contribution is -2.28. The van der Waals surface area contributed by atoms with E-state index in [-0.39, 0.29) is 11.7 Å². The number of alkyl halides is 1. The van der Waals surface area contributed by atoms with E-state index in [0.29, 0.717) is 25.1 Å². The fourth-order valence-corrected chi connectivity index (χ4v) is 2.80. The Kier molecular flexibility index (Phi) is 5.80. The van der Waals surface area contributed by atoms with Gasteiger partial charge in [0.05, 0.1) is 0 Å². The van der Waals surface area contributed by atoms with E-state index in [2.05, 4.69) is 6.92 Å². The van der Waals surface area contributed by atoms with Crippen LogP contribution in [0.4, 0.5) is 5.69 Å². The molecule has 0 N–H and O–H groups in total. The standard InChI is InChI=1S/C17H22ClNO2/c1-2-3-6-17(21)19-11-9-13-12-14(7-8-15(13)19)16(20)5-4-10-18/h7-8,12H,2-6,9-11H2,1H3. The molecule has 114 valence electrons. The largest absolute Gasteiger partial charge is 0.312 e. The highest BCUT2D eigenvalue weighted by atomic mass is 35.5. The van der Waals surface area contributed by atoms with Gasteiger partial charge in [-0.1, -0.05) is 13.3 Å². The van der Waals surface area contributed by atoms with Crippen LogP contribution in [0.25, 0.3) is 0 Å². The second-order valence-electron chi connectivity index (χ2n) is 5.46. The quantitative estimate of drug-likeness (QED) is 0.564. The van der Waals surface area contributed by atoms with E-state index in [9.17, 15) is 9.59 Å². The number of Topliss-reactive ketones (excluding diaryl/α,β-unsaturated/α-hetero) is 1. The van der Waals surface area contributed by atoms with Gasteiger partial charge in [-0.15, -0.1) is 11.6 Å². The van der Waals surface area contributed by atoms with Gasteiger partial charge in [0.25, 0.3) is 0 Å². The van der Waals surface area contributed by atoms with Crippen molar-refractivity contribution in [3.63, 3.8) is 0 Å². The maximum Gasteiger partial charge on any atom is 0.226 e. The number of nitrogens with zero attached hydrogens (tertiary/aromatic N) is 1. The van der Waals surface area contributed by atoms with Crippen LogP contribution in [0.3, 0.4) is 0 Å². The van der Waals surface area contributed by atoms with Crippen molar-refractivity contribution in [1.29, 1.82) is 0 Å². The Bertz CT molecular complexity index is 528. The zero-order valence-electron chi connectivity index (χ0n) is 12.5. The summed E-state index contributed by atoms with van der Waals surface area (Å²) < 4.78 is 0. The SMILES string of the molecule is CCCCC(=O)N1CCc2cc(C(=O)CCCCl)ccc21. The van der Waals surface area contributed by atoms with Crippen LogP contribution in [-0.2, 0) is 11.2 Å². The summed E-state index contributed by atoms with van der Waals surface area (Å²) in [4.78, 5) is 26.1. The molecule has 0 bridgehead atoms. The van der Waals surface area contributed by atoms with Crippen LogP contribution in [0.2, 0.25) is 0 Å². The van der Waals surface area contributed by atoms with Crippen LogP contribution in [0.15, 0.2) is 18.2 Å². The summed E-state index contributed by atoms with van der Waals surface area (Å²) >= 11 is 5.63. The first-order valence-corrected chi connectivity index (χ1v) is 8.23. The lowest BCUT2D eigenvalue weighted by atomic mass is 10.0. The summed E-state index contributed by atoms with van der Waals surface area (Å²) in [5.74, 6) is 0.835. The maximum absolute atomic E-state index is 12.2. The summed E-state index contributed by atoms with van der Waals surface area (Å²) in [6.07, 6.45) is 4.59. The molecule has 0 saturated heterocycles. The molecule has 1 aromatic carbocycles. The van der Waals surface area contributed by atoms with E-state index in [4.69, 9.17) is 11.6 Å². The summed E-state index contributed by atoms with van der Waals surface area (Å²) in [5, 5.41) is 0. The zero-order chi connectivity index (χ0) is 15.2. The van der Waals surface area contributed by atoms with Gasteiger partial charge in [0.2, 0.25) is 5.91 Å². The van der Waals surface area contributed by atoms with Crippen LogP contribution in [0, 0.1) is 0 Å². The number of carbonyl (C=O) groups excluding carboxylic acids is 2. The minimum Gasteiger partial charge on any atom is -0.312 e. The molecule has 1 heterocycles. The number of hydrogen-bond donors (Lipinski definition) is 0. The minimum absolute atomic E-state index is 0.134. The molecule has 1 aromatic rings. The number of halogens is 1. The monoisotopic (exact) mass is 307 g/mol. The number of ketones is 1. The molecule has 1 aliphatic heterocycles. The van der Waals surface area contributed by atoms with Crippen molar-refractivity contribution in [3.05, 3.63) is 29.3 Å². The molecule has 0 unspecified atom stereocenters. The van der Waals surface area contributed by atoms with Crippen molar-refractivity contribution >= 4 is 29.0 Å². The Hall–Kier alpha value is -1.35. The third kappa shape index (κ3) is 3.85. The average molecular weight is 308 g/mol. The molecular formula is C17H22ClNO2. The smallest absolute Gasteiger partial charge is 0.226 e. The van der Waals surface area contributed by atoms with E-state index in [1.165, 1.54) is 0 Å². The van der Waals surface area contributed by atoms with E-state index in [0.717, 1.165) is 42.6 Å². The van der Waals surface area contributed by atoms with E-state index < -0.39 is 0 Å². The van der Waals surface area contributed by atoms with Crippen LogP contribution in [0.5, 0.6) is 0 Å². The normalized spacial score (nSPS) is 13.3. The van der Waals surface area contributed by atoms with Crippen LogP contribution in [-0.4, -0.2) is 24.1 Å². The molecule has 0 radical (unpaired) electrons. The van der Waals surface area contributed by atoms with Crippen molar-refractivity contribution in [1.82, 2.24) is 0 Å². The summed E-state index contributed by atoms with van der Waals surface area (Å²) in [7, 11) is 0. The van der Waals surface area contributed by atoms with Crippen LogP contribution >= 0.6 is 11.6 Å². The highest BCUT2D eigenvalue weighted by molar-refractivity contribution is 6.18. The Morgan fingerprint density at radius 3 is 2.76 bits per heavy atom. The van der Waals surface area contributed by atoms with Crippen molar-refractivity contribution in [2.24, 2.45) is 0 Å². The second kappa shape index (κ2) is 7.60. The molecule has 0 aromatic heterocycles. The number of anilines is 1. The number of fused-ring (bicyclic) bond motifs is 1. The molecule has 21 heavy (non-hydrogen) atoms. The van der Waals surface area contributed by atoms with E-state index >= 15 is 0 Å². The molecule has 0 atom stereocenters. The number of benzene rings is 1. The van der Waals surface area contributed by atoms with Gasteiger partial charge in [-0.2, -0.15) is 0 Å². The van der Waals surface area contributed by atoms with E-state index in [1.54, 1.807) is 0 Å². The fraction of sp³-hybridized carbons (Fsp3) is 0.529. The molecule has 1 aliphatic rings. The lowest BCUT2D eigenvalue weighted by Gasteiger charge is -2.17. The van der Waals surface area contributed by atoms with Crippen molar-refractivity contribution in [2.75, 3.05) is 17.3 Å². The van der Waals surface area contributed by atoms with Gasteiger partial charge in [0.15, 0.2) is 5.78 Å². The number of rotatable bonds is 7. The Labute approximate surface area is 131 Å². The number of unbranched alkanes of at least 4 members (excludes halogenated alkanes) is 1. The number of carbonyl (C=O) groups is 2. The molecule has 4 heteroatoms. The molecule has 0 saturated carbocycles. The number of amides is 1. The van der Waals surface area contributed by atoms with Gasteiger partial charge in [-0.3, -0.25) is 9.59 Å². The third-order valence-electron chi connectivity index (χ3n) is 3.88. The van der Waals surface area contributed by atoms with Gasteiger partial charge in [0.1, 0.15) is 0 Å². The Morgan fingerprint density at radius 1 is 1.24 bits per heavy atom. The number of hydrogen-bond acceptors (Lipinski definition) is 2. The molecule has 0 spiro atoms. The fourth-order valence-electron chi connectivity index (χ4n) is 2.67. The lowest BCUT2D eigenvalue weighted by molar-refractivity contribution is -0.118. The van der Waals surface area contributed by atoms with E-state index in [1.807, 2.05) is 23.1 Å². The minimum atomic E-state index is 0.134. The molecular weight excluding hydrogens is 286 g/mol. The molecule has 1 amide bonds. The first-order chi connectivity index (χ1) is 10.2. The highest BCUT2D eigenvalue weighted by Crippen LogP contribution is 2.30.